The van der Waals surface area contributed by atoms with Crippen molar-refractivity contribution in [3.63, 3.8) is 0 Å². The van der Waals surface area contributed by atoms with Gasteiger partial charge in [0.25, 0.3) is 5.91 Å². The molecule has 0 aliphatic carbocycles. The summed E-state index contributed by atoms with van der Waals surface area (Å²) in [5, 5.41) is 2.88. The van der Waals surface area contributed by atoms with E-state index < -0.39 is 0 Å². The highest BCUT2D eigenvalue weighted by Crippen LogP contribution is 2.19. The zero-order valence-corrected chi connectivity index (χ0v) is 15.7. The fraction of sp³-hybridized carbons (Fsp3) is 0.381. The Balaban J connectivity index is 1.92. The summed E-state index contributed by atoms with van der Waals surface area (Å²) in [5.41, 5.74) is 1.26. The Morgan fingerprint density at radius 1 is 1.04 bits per heavy atom. The van der Waals surface area contributed by atoms with Crippen molar-refractivity contribution in [3.05, 3.63) is 54.1 Å². The van der Waals surface area contributed by atoms with Gasteiger partial charge in [-0.2, -0.15) is 0 Å². The van der Waals surface area contributed by atoms with Crippen LogP contribution in [0.5, 0.6) is 11.5 Å². The van der Waals surface area contributed by atoms with Gasteiger partial charge >= 0.3 is 0 Å². The first-order valence-corrected chi connectivity index (χ1v) is 9.01. The van der Waals surface area contributed by atoms with Gasteiger partial charge in [0.2, 0.25) is 0 Å². The molecule has 140 valence electrons. The molecule has 0 aliphatic rings. The molecule has 0 radical (unpaired) electrons. The summed E-state index contributed by atoms with van der Waals surface area (Å²) in [4.78, 5) is 12.4. The van der Waals surface area contributed by atoms with E-state index >= 15 is 0 Å². The molecular formula is C21H27NO4. The Morgan fingerprint density at radius 3 is 2.50 bits per heavy atom. The Kier molecular flexibility index (Phi) is 7.96. The minimum absolute atomic E-state index is 0.153. The van der Waals surface area contributed by atoms with Gasteiger partial charge in [0.15, 0.2) is 0 Å². The van der Waals surface area contributed by atoms with E-state index in [1.165, 1.54) is 0 Å². The molecule has 0 spiro atoms. The SMILES string of the molecule is CCOCCOc1cccc(NC(=O)c2ccc(OC(C)CC)cc2)c1. The molecule has 1 atom stereocenters. The van der Waals surface area contributed by atoms with E-state index in [2.05, 4.69) is 12.2 Å². The molecule has 2 aromatic rings. The van der Waals surface area contributed by atoms with Crippen LogP contribution in [0.3, 0.4) is 0 Å². The lowest BCUT2D eigenvalue weighted by atomic mass is 10.2. The summed E-state index contributed by atoms with van der Waals surface area (Å²) in [6, 6.07) is 14.5. The van der Waals surface area contributed by atoms with Gasteiger partial charge in [0, 0.05) is 23.9 Å². The van der Waals surface area contributed by atoms with Gasteiger partial charge in [0.1, 0.15) is 18.1 Å². The smallest absolute Gasteiger partial charge is 0.255 e. The van der Waals surface area contributed by atoms with E-state index in [0.717, 1.165) is 12.2 Å². The average molecular weight is 357 g/mol. The van der Waals surface area contributed by atoms with Crippen molar-refractivity contribution in [1.29, 1.82) is 0 Å². The number of nitrogens with one attached hydrogen (secondary N) is 1. The lowest BCUT2D eigenvalue weighted by molar-refractivity contribution is 0.102. The number of carbonyl (C=O) groups is 1. The molecule has 0 aliphatic heterocycles. The fourth-order valence-corrected chi connectivity index (χ4v) is 2.23. The number of amides is 1. The maximum atomic E-state index is 12.4. The molecular weight excluding hydrogens is 330 g/mol. The third kappa shape index (κ3) is 6.41. The van der Waals surface area contributed by atoms with E-state index in [9.17, 15) is 4.79 Å². The second-order valence-corrected chi connectivity index (χ2v) is 5.89. The van der Waals surface area contributed by atoms with E-state index in [-0.39, 0.29) is 12.0 Å². The van der Waals surface area contributed by atoms with Crippen LogP contribution in [-0.2, 0) is 4.74 Å². The van der Waals surface area contributed by atoms with E-state index in [1.807, 2.05) is 44.2 Å². The van der Waals surface area contributed by atoms with Gasteiger partial charge in [-0.1, -0.05) is 13.0 Å². The van der Waals surface area contributed by atoms with Crippen molar-refractivity contribution in [3.8, 4) is 11.5 Å². The van der Waals surface area contributed by atoms with Crippen LogP contribution in [0.25, 0.3) is 0 Å². The number of anilines is 1. The van der Waals surface area contributed by atoms with E-state index in [1.54, 1.807) is 18.2 Å². The molecule has 1 unspecified atom stereocenters. The van der Waals surface area contributed by atoms with E-state index in [4.69, 9.17) is 14.2 Å². The minimum atomic E-state index is -0.174. The quantitative estimate of drug-likeness (QED) is 0.635. The monoisotopic (exact) mass is 357 g/mol. The van der Waals surface area contributed by atoms with Crippen molar-refractivity contribution in [2.75, 3.05) is 25.1 Å². The molecule has 26 heavy (non-hydrogen) atoms. The average Bonchev–Trinajstić information content (AvgIpc) is 2.66. The second-order valence-electron chi connectivity index (χ2n) is 5.89. The molecule has 0 saturated heterocycles. The van der Waals surface area contributed by atoms with Gasteiger partial charge in [0.05, 0.1) is 12.7 Å². The second kappa shape index (κ2) is 10.5. The maximum Gasteiger partial charge on any atom is 0.255 e. The number of carbonyl (C=O) groups excluding carboxylic acids is 1. The van der Waals surface area contributed by atoms with Crippen molar-refractivity contribution >= 4 is 11.6 Å². The highest BCUT2D eigenvalue weighted by Gasteiger charge is 2.08. The molecule has 5 nitrogen and oxygen atoms in total. The van der Waals surface area contributed by atoms with Crippen LogP contribution in [0, 0.1) is 0 Å². The van der Waals surface area contributed by atoms with E-state index in [0.29, 0.717) is 36.8 Å². The molecule has 0 heterocycles. The molecule has 1 N–H and O–H groups in total. The normalized spacial score (nSPS) is 11.7. The topological polar surface area (TPSA) is 56.8 Å². The van der Waals surface area contributed by atoms with Gasteiger partial charge in [-0.05, 0) is 56.7 Å². The van der Waals surface area contributed by atoms with Gasteiger partial charge < -0.3 is 19.5 Å². The summed E-state index contributed by atoms with van der Waals surface area (Å²) in [6.45, 7) is 7.71. The number of hydrogen-bond donors (Lipinski definition) is 1. The Morgan fingerprint density at radius 2 is 1.81 bits per heavy atom. The van der Waals surface area contributed by atoms with Gasteiger partial charge in [-0.25, -0.2) is 0 Å². The highest BCUT2D eigenvalue weighted by molar-refractivity contribution is 6.04. The predicted octanol–water partition coefficient (Wildman–Crippen LogP) is 4.53. The summed E-state index contributed by atoms with van der Waals surface area (Å²) in [6.07, 6.45) is 1.09. The number of rotatable bonds is 10. The van der Waals surface area contributed by atoms with Crippen LogP contribution < -0.4 is 14.8 Å². The third-order valence-corrected chi connectivity index (χ3v) is 3.82. The maximum absolute atomic E-state index is 12.4. The van der Waals surface area contributed by atoms with Gasteiger partial charge in [-0.3, -0.25) is 4.79 Å². The molecule has 0 bridgehead atoms. The first-order valence-electron chi connectivity index (χ1n) is 9.01. The minimum Gasteiger partial charge on any atom is -0.491 e. The molecule has 0 aromatic heterocycles. The van der Waals surface area contributed by atoms with Crippen molar-refractivity contribution in [1.82, 2.24) is 0 Å². The molecule has 5 heteroatoms. The molecule has 2 aromatic carbocycles. The van der Waals surface area contributed by atoms with Crippen LogP contribution in [0.1, 0.15) is 37.6 Å². The molecule has 0 fully saturated rings. The standard InChI is InChI=1S/C21H27NO4/c1-4-16(3)26-19-11-9-17(10-12-19)21(23)22-18-7-6-8-20(15-18)25-14-13-24-5-2/h6-12,15-16H,4-5,13-14H2,1-3H3,(H,22,23). The fourth-order valence-electron chi connectivity index (χ4n) is 2.23. The zero-order chi connectivity index (χ0) is 18.8. The third-order valence-electron chi connectivity index (χ3n) is 3.82. The van der Waals surface area contributed by atoms with Crippen LogP contribution in [0.15, 0.2) is 48.5 Å². The molecule has 2 rings (SSSR count). The zero-order valence-electron chi connectivity index (χ0n) is 15.7. The van der Waals surface area contributed by atoms with Gasteiger partial charge in [-0.15, -0.1) is 0 Å². The summed E-state index contributed by atoms with van der Waals surface area (Å²) < 4.78 is 16.6. The summed E-state index contributed by atoms with van der Waals surface area (Å²) in [7, 11) is 0. The first-order chi connectivity index (χ1) is 12.6. The summed E-state index contributed by atoms with van der Waals surface area (Å²) in [5.74, 6) is 1.28. The predicted molar refractivity (Wildman–Crippen MR) is 103 cm³/mol. The lowest BCUT2D eigenvalue weighted by Gasteiger charge is -2.13. The number of ether oxygens (including phenoxy) is 3. The first kappa shape index (κ1) is 19.8. The Bertz CT molecular complexity index is 685. The van der Waals surface area contributed by atoms with Crippen LogP contribution in [-0.4, -0.2) is 31.8 Å². The van der Waals surface area contributed by atoms with Crippen LogP contribution in [0.2, 0.25) is 0 Å². The Labute approximate surface area is 155 Å². The van der Waals surface area contributed by atoms with Crippen molar-refractivity contribution < 1.29 is 19.0 Å². The van der Waals surface area contributed by atoms with Crippen molar-refractivity contribution in [2.24, 2.45) is 0 Å². The Hall–Kier alpha value is -2.53. The molecule has 1 amide bonds. The van der Waals surface area contributed by atoms with Crippen LogP contribution >= 0.6 is 0 Å². The number of hydrogen-bond acceptors (Lipinski definition) is 4. The molecule has 0 saturated carbocycles. The summed E-state index contributed by atoms with van der Waals surface area (Å²) >= 11 is 0. The van der Waals surface area contributed by atoms with Crippen molar-refractivity contribution in [2.45, 2.75) is 33.3 Å². The number of benzene rings is 2. The lowest BCUT2D eigenvalue weighted by Crippen LogP contribution is -2.13. The largest absolute Gasteiger partial charge is 0.491 e. The highest BCUT2D eigenvalue weighted by atomic mass is 16.5. The van der Waals surface area contributed by atoms with Crippen LogP contribution in [0.4, 0.5) is 5.69 Å².